The van der Waals surface area contributed by atoms with Gasteiger partial charge in [-0.15, -0.1) is 0 Å². The first-order valence-corrected chi connectivity index (χ1v) is 5.89. The molecule has 3 nitrogen and oxygen atoms in total. The molecule has 2 rings (SSSR count). The zero-order valence-electron chi connectivity index (χ0n) is 10.4. The van der Waals surface area contributed by atoms with Gasteiger partial charge < -0.3 is 9.47 Å². The summed E-state index contributed by atoms with van der Waals surface area (Å²) in [5.74, 6) is 0.417. The zero-order chi connectivity index (χ0) is 13.5. The third kappa shape index (κ3) is 3.71. The van der Waals surface area contributed by atoms with E-state index in [-0.39, 0.29) is 0 Å². The average Bonchev–Trinajstić information content (AvgIpc) is 2.47. The molecular weight excluding hydrogens is 240 g/mol. The molecule has 0 saturated heterocycles. The molecule has 0 fully saturated rings. The standard InChI is InChI=1S/C16H14O3/c1-2-16(17)19-15-11-7-6-10-14(15)18-12-13-8-4-3-5-9-13/h2-11H,1,12H2. The predicted molar refractivity (Wildman–Crippen MR) is 73.0 cm³/mol. The lowest BCUT2D eigenvalue weighted by molar-refractivity contribution is -0.129. The number of carbonyl (C=O) groups is 1. The van der Waals surface area contributed by atoms with Crippen LogP contribution in [0.3, 0.4) is 0 Å². The van der Waals surface area contributed by atoms with Gasteiger partial charge in [-0.3, -0.25) is 0 Å². The van der Waals surface area contributed by atoms with Crippen molar-refractivity contribution in [3.63, 3.8) is 0 Å². The molecule has 0 radical (unpaired) electrons. The smallest absolute Gasteiger partial charge is 0.335 e. The van der Waals surface area contributed by atoms with E-state index < -0.39 is 5.97 Å². The average molecular weight is 254 g/mol. The summed E-state index contributed by atoms with van der Waals surface area (Å²) in [4.78, 5) is 11.2. The Bertz CT molecular complexity index is 561. The van der Waals surface area contributed by atoms with Crippen molar-refractivity contribution >= 4 is 5.97 Å². The summed E-state index contributed by atoms with van der Waals surface area (Å²) in [5, 5.41) is 0. The lowest BCUT2D eigenvalue weighted by Gasteiger charge is -2.10. The van der Waals surface area contributed by atoms with Crippen molar-refractivity contribution in [2.75, 3.05) is 0 Å². The van der Waals surface area contributed by atoms with E-state index in [0.29, 0.717) is 18.1 Å². The molecule has 0 amide bonds. The summed E-state index contributed by atoms with van der Waals surface area (Å²) in [6, 6.07) is 16.8. The highest BCUT2D eigenvalue weighted by atomic mass is 16.6. The molecule has 3 heteroatoms. The first kappa shape index (κ1) is 12.9. The molecule has 0 heterocycles. The van der Waals surface area contributed by atoms with Gasteiger partial charge in [-0.25, -0.2) is 4.79 Å². The monoisotopic (exact) mass is 254 g/mol. The molecule has 0 aromatic heterocycles. The number of hydrogen-bond acceptors (Lipinski definition) is 3. The predicted octanol–water partition coefficient (Wildman–Crippen LogP) is 3.36. The van der Waals surface area contributed by atoms with Crippen molar-refractivity contribution in [3.8, 4) is 11.5 Å². The van der Waals surface area contributed by atoms with Gasteiger partial charge in [0.25, 0.3) is 0 Å². The molecule has 96 valence electrons. The van der Waals surface area contributed by atoms with E-state index in [2.05, 4.69) is 6.58 Å². The number of para-hydroxylation sites is 2. The second-order valence-corrected chi connectivity index (χ2v) is 3.85. The van der Waals surface area contributed by atoms with Crippen molar-refractivity contribution in [3.05, 3.63) is 72.8 Å². The Morgan fingerprint density at radius 3 is 2.32 bits per heavy atom. The normalized spacial score (nSPS) is 9.68. The van der Waals surface area contributed by atoms with Crippen molar-refractivity contribution in [2.24, 2.45) is 0 Å². The van der Waals surface area contributed by atoms with Gasteiger partial charge >= 0.3 is 5.97 Å². The molecule has 19 heavy (non-hydrogen) atoms. The summed E-state index contributed by atoms with van der Waals surface area (Å²) in [6.07, 6.45) is 1.12. The van der Waals surface area contributed by atoms with Crippen molar-refractivity contribution in [2.45, 2.75) is 6.61 Å². The largest absolute Gasteiger partial charge is 0.485 e. The van der Waals surface area contributed by atoms with Crippen LogP contribution in [-0.2, 0) is 11.4 Å². The molecule has 0 atom stereocenters. The van der Waals surface area contributed by atoms with Crippen LogP contribution in [0.25, 0.3) is 0 Å². The second kappa shape index (κ2) is 6.40. The Kier molecular flexibility index (Phi) is 4.34. The highest BCUT2D eigenvalue weighted by Crippen LogP contribution is 2.27. The summed E-state index contributed by atoms with van der Waals surface area (Å²) >= 11 is 0. The second-order valence-electron chi connectivity index (χ2n) is 3.85. The van der Waals surface area contributed by atoms with Gasteiger partial charge in [-0.2, -0.15) is 0 Å². The Morgan fingerprint density at radius 1 is 1.00 bits per heavy atom. The van der Waals surface area contributed by atoms with Crippen LogP contribution in [0.15, 0.2) is 67.3 Å². The highest BCUT2D eigenvalue weighted by molar-refractivity contribution is 5.83. The van der Waals surface area contributed by atoms with Gasteiger partial charge in [0.1, 0.15) is 6.61 Å². The van der Waals surface area contributed by atoms with Crippen LogP contribution < -0.4 is 9.47 Å². The van der Waals surface area contributed by atoms with E-state index in [1.54, 1.807) is 18.2 Å². The summed E-state index contributed by atoms with van der Waals surface area (Å²) < 4.78 is 10.8. The molecular formula is C16H14O3. The Labute approximate surface area is 112 Å². The van der Waals surface area contributed by atoms with Crippen molar-refractivity contribution in [1.82, 2.24) is 0 Å². The topological polar surface area (TPSA) is 35.5 Å². The molecule has 0 aliphatic carbocycles. The molecule has 0 unspecified atom stereocenters. The summed E-state index contributed by atoms with van der Waals surface area (Å²) in [6.45, 7) is 3.78. The Morgan fingerprint density at radius 2 is 1.63 bits per heavy atom. The van der Waals surface area contributed by atoms with Gasteiger partial charge in [0.15, 0.2) is 11.5 Å². The van der Waals surface area contributed by atoms with Crippen molar-refractivity contribution in [1.29, 1.82) is 0 Å². The number of carbonyl (C=O) groups excluding carboxylic acids is 1. The molecule has 0 bridgehead atoms. The minimum absolute atomic E-state index is 0.392. The number of rotatable bonds is 5. The number of ether oxygens (including phenoxy) is 2. The fourth-order valence-corrected chi connectivity index (χ4v) is 1.54. The zero-order valence-corrected chi connectivity index (χ0v) is 10.4. The molecule has 0 N–H and O–H groups in total. The highest BCUT2D eigenvalue weighted by Gasteiger charge is 2.07. The van der Waals surface area contributed by atoms with Gasteiger partial charge in [0.05, 0.1) is 0 Å². The van der Waals surface area contributed by atoms with E-state index >= 15 is 0 Å². The fraction of sp³-hybridized carbons (Fsp3) is 0.0625. The van der Waals surface area contributed by atoms with Crippen LogP contribution in [0.1, 0.15) is 5.56 Å². The van der Waals surface area contributed by atoms with Crippen LogP contribution in [0.2, 0.25) is 0 Å². The Balaban J connectivity index is 2.07. The maximum Gasteiger partial charge on any atom is 0.335 e. The number of esters is 1. The van der Waals surface area contributed by atoms with Gasteiger partial charge in [0.2, 0.25) is 0 Å². The third-order valence-electron chi connectivity index (χ3n) is 2.46. The molecule has 2 aromatic carbocycles. The van der Waals surface area contributed by atoms with Crippen molar-refractivity contribution < 1.29 is 14.3 Å². The number of benzene rings is 2. The van der Waals surface area contributed by atoms with E-state index in [9.17, 15) is 4.79 Å². The molecule has 0 saturated carbocycles. The van der Waals surface area contributed by atoms with Crippen LogP contribution in [0.5, 0.6) is 11.5 Å². The first-order valence-electron chi connectivity index (χ1n) is 5.89. The minimum atomic E-state index is -0.504. The van der Waals surface area contributed by atoms with Gasteiger partial charge in [0, 0.05) is 6.08 Å². The van der Waals surface area contributed by atoms with E-state index in [0.717, 1.165) is 11.6 Å². The van der Waals surface area contributed by atoms with Gasteiger partial charge in [-0.1, -0.05) is 49.0 Å². The maximum absolute atomic E-state index is 11.2. The third-order valence-corrected chi connectivity index (χ3v) is 2.46. The Hall–Kier alpha value is -2.55. The quantitative estimate of drug-likeness (QED) is 0.466. The van der Waals surface area contributed by atoms with E-state index in [1.807, 2.05) is 36.4 Å². The number of hydrogen-bond donors (Lipinski definition) is 0. The lowest BCUT2D eigenvalue weighted by atomic mass is 10.2. The lowest BCUT2D eigenvalue weighted by Crippen LogP contribution is -2.05. The van der Waals surface area contributed by atoms with E-state index in [1.165, 1.54) is 0 Å². The summed E-state index contributed by atoms with van der Waals surface area (Å²) in [7, 11) is 0. The van der Waals surface area contributed by atoms with Crippen LogP contribution in [0, 0.1) is 0 Å². The SMILES string of the molecule is C=CC(=O)Oc1ccccc1OCc1ccccc1. The minimum Gasteiger partial charge on any atom is -0.485 e. The molecule has 0 spiro atoms. The van der Waals surface area contributed by atoms with Crippen LogP contribution >= 0.6 is 0 Å². The van der Waals surface area contributed by atoms with Crippen LogP contribution in [0.4, 0.5) is 0 Å². The first-order chi connectivity index (χ1) is 9.29. The maximum atomic E-state index is 11.2. The molecule has 0 aliphatic heterocycles. The van der Waals surface area contributed by atoms with Crippen LogP contribution in [-0.4, -0.2) is 5.97 Å². The summed E-state index contributed by atoms with van der Waals surface area (Å²) in [5.41, 5.74) is 1.05. The molecule has 2 aromatic rings. The van der Waals surface area contributed by atoms with E-state index in [4.69, 9.17) is 9.47 Å². The molecule has 0 aliphatic rings. The fourth-order valence-electron chi connectivity index (χ4n) is 1.54. The van der Waals surface area contributed by atoms with Gasteiger partial charge in [-0.05, 0) is 17.7 Å².